The largest absolute Gasteiger partial charge is 0.197 e. The average Bonchev–Trinajstić information content (AvgIpc) is 2.79. The minimum absolute atomic E-state index is 0.224. The van der Waals surface area contributed by atoms with Crippen molar-refractivity contribution in [3.05, 3.63) is 35.4 Å². The summed E-state index contributed by atoms with van der Waals surface area (Å²) in [6.45, 7) is 4.50. The van der Waals surface area contributed by atoms with Crippen LogP contribution in [-0.2, 0) is 11.8 Å². The molecule has 1 aromatic carbocycles. The zero-order valence-corrected chi connectivity index (χ0v) is 19.1. The van der Waals surface area contributed by atoms with Crippen molar-refractivity contribution in [2.24, 2.45) is 17.8 Å². The first-order valence-corrected chi connectivity index (χ1v) is 12.7. The van der Waals surface area contributed by atoms with Crippen molar-refractivity contribution < 1.29 is 0 Å². The lowest BCUT2D eigenvalue weighted by atomic mass is 9.62. The number of hydrogen-bond acceptors (Lipinski definition) is 1. The summed E-state index contributed by atoms with van der Waals surface area (Å²) in [6, 6.07) is 11.7. The third-order valence-electron chi connectivity index (χ3n) is 8.29. The minimum Gasteiger partial charge on any atom is -0.197 e. The molecule has 0 amide bonds. The molecule has 2 saturated carbocycles. The number of aryl methyl sites for hydroxylation is 1. The Bertz CT molecular complexity index is 621. The van der Waals surface area contributed by atoms with Crippen LogP contribution in [0.15, 0.2) is 24.3 Å². The second-order valence-electron chi connectivity index (χ2n) is 10.1. The van der Waals surface area contributed by atoms with Gasteiger partial charge < -0.3 is 0 Å². The second kappa shape index (κ2) is 11.2. The summed E-state index contributed by atoms with van der Waals surface area (Å²) in [6.07, 6.45) is 20.2. The number of benzene rings is 1. The van der Waals surface area contributed by atoms with Crippen molar-refractivity contribution in [3.63, 3.8) is 0 Å². The normalized spacial score (nSPS) is 30.0. The molecule has 1 nitrogen and oxygen atoms in total. The molecule has 0 aromatic heterocycles. The van der Waals surface area contributed by atoms with Gasteiger partial charge in [0.1, 0.15) is 0 Å². The summed E-state index contributed by atoms with van der Waals surface area (Å²) in [4.78, 5) is 0. The molecule has 1 heteroatoms. The van der Waals surface area contributed by atoms with E-state index in [-0.39, 0.29) is 5.41 Å². The fourth-order valence-electron chi connectivity index (χ4n) is 6.11. The number of unbranched alkanes of at least 4 members (excludes halogenated alkanes) is 4. The third-order valence-corrected chi connectivity index (χ3v) is 8.29. The molecule has 0 atom stereocenters. The molecule has 0 bridgehead atoms. The van der Waals surface area contributed by atoms with E-state index in [1.165, 1.54) is 88.2 Å². The predicted molar refractivity (Wildman–Crippen MR) is 124 cm³/mol. The Morgan fingerprint density at radius 3 is 2.03 bits per heavy atom. The van der Waals surface area contributed by atoms with Gasteiger partial charge in [-0.15, -0.1) is 0 Å². The van der Waals surface area contributed by atoms with Crippen LogP contribution < -0.4 is 0 Å². The molecule has 160 valence electrons. The maximum absolute atomic E-state index is 10.0. The minimum atomic E-state index is -0.224. The number of nitrogens with zero attached hydrogens (tertiary/aromatic N) is 1. The van der Waals surface area contributed by atoms with Crippen molar-refractivity contribution in [1.29, 1.82) is 5.26 Å². The molecule has 0 N–H and O–H groups in total. The maximum Gasteiger partial charge on any atom is 0.0822 e. The Kier molecular flexibility index (Phi) is 8.65. The molecule has 1 aromatic rings. The fourth-order valence-corrected chi connectivity index (χ4v) is 6.11. The molecule has 0 unspecified atom stereocenters. The van der Waals surface area contributed by atoms with Crippen molar-refractivity contribution in [3.8, 4) is 6.07 Å². The van der Waals surface area contributed by atoms with Gasteiger partial charge in [-0.25, -0.2) is 0 Å². The monoisotopic (exact) mass is 393 g/mol. The van der Waals surface area contributed by atoms with E-state index in [0.29, 0.717) is 0 Å². The third kappa shape index (κ3) is 5.87. The van der Waals surface area contributed by atoms with Crippen LogP contribution in [0.4, 0.5) is 0 Å². The van der Waals surface area contributed by atoms with E-state index in [2.05, 4.69) is 44.2 Å². The van der Waals surface area contributed by atoms with E-state index in [4.69, 9.17) is 0 Å². The smallest absolute Gasteiger partial charge is 0.0822 e. The first-order valence-electron chi connectivity index (χ1n) is 12.7. The summed E-state index contributed by atoms with van der Waals surface area (Å²) < 4.78 is 0. The fraction of sp³-hybridized carbons (Fsp3) is 0.750. The Labute approximate surface area is 180 Å². The van der Waals surface area contributed by atoms with Crippen LogP contribution in [0.3, 0.4) is 0 Å². The topological polar surface area (TPSA) is 23.8 Å². The van der Waals surface area contributed by atoms with Crippen molar-refractivity contribution >= 4 is 0 Å². The summed E-state index contributed by atoms with van der Waals surface area (Å²) >= 11 is 0. The van der Waals surface area contributed by atoms with Crippen molar-refractivity contribution in [2.75, 3.05) is 0 Å². The van der Waals surface area contributed by atoms with Crippen LogP contribution in [0.25, 0.3) is 0 Å². The molecule has 0 heterocycles. The maximum atomic E-state index is 10.0. The number of rotatable bonds is 9. The van der Waals surface area contributed by atoms with Gasteiger partial charge in [-0.05, 0) is 73.8 Å². The van der Waals surface area contributed by atoms with Crippen LogP contribution >= 0.6 is 0 Å². The van der Waals surface area contributed by atoms with Crippen molar-refractivity contribution in [1.82, 2.24) is 0 Å². The zero-order valence-electron chi connectivity index (χ0n) is 19.1. The van der Waals surface area contributed by atoms with E-state index >= 15 is 0 Å². The van der Waals surface area contributed by atoms with E-state index in [1.54, 1.807) is 0 Å². The predicted octanol–water partition coefficient (Wildman–Crippen LogP) is 8.37. The molecular weight excluding hydrogens is 350 g/mol. The molecule has 3 rings (SSSR count). The first kappa shape index (κ1) is 22.4. The highest BCUT2D eigenvalue weighted by molar-refractivity contribution is 5.35. The molecular formula is C28H43N. The number of nitriles is 1. The SMILES string of the molecule is CCCCCCCC1CCC(C2CCC(C#N)(c3ccc(CC)cc3)CC2)CC1. The van der Waals surface area contributed by atoms with Gasteiger partial charge in [0.2, 0.25) is 0 Å². The Hall–Kier alpha value is -1.29. The number of hydrogen-bond donors (Lipinski definition) is 0. The second-order valence-corrected chi connectivity index (χ2v) is 10.1. The Balaban J connectivity index is 1.44. The van der Waals surface area contributed by atoms with E-state index in [1.807, 2.05) is 0 Å². The lowest BCUT2D eigenvalue weighted by Crippen LogP contribution is -2.33. The summed E-state index contributed by atoms with van der Waals surface area (Å²) in [5.41, 5.74) is 2.42. The lowest BCUT2D eigenvalue weighted by Gasteiger charge is -2.41. The van der Waals surface area contributed by atoms with Crippen LogP contribution in [0, 0.1) is 29.1 Å². The zero-order chi connectivity index (χ0) is 20.5. The molecule has 2 aliphatic carbocycles. The standard InChI is InChI=1S/C28H43N/c1-3-5-6-7-8-9-24-10-14-25(15-11-24)26-18-20-28(22-29,21-19-26)27-16-12-23(4-2)13-17-27/h12-13,16-17,24-26H,3-11,14-15,18-21H2,1-2H3. The molecule has 0 radical (unpaired) electrons. The average molecular weight is 394 g/mol. The van der Waals surface area contributed by atoms with Gasteiger partial charge in [-0.1, -0.05) is 89.5 Å². The highest BCUT2D eigenvalue weighted by atomic mass is 14.5. The summed E-state index contributed by atoms with van der Waals surface area (Å²) in [7, 11) is 0. The van der Waals surface area contributed by atoms with Gasteiger partial charge in [0, 0.05) is 0 Å². The summed E-state index contributed by atoms with van der Waals surface area (Å²) in [5.74, 6) is 2.81. The van der Waals surface area contributed by atoms with Gasteiger partial charge >= 0.3 is 0 Å². The molecule has 29 heavy (non-hydrogen) atoms. The van der Waals surface area contributed by atoms with Crippen molar-refractivity contribution in [2.45, 2.75) is 116 Å². The van der Waals surface area contributed by atoms with Gasteiger partial charge in [0.15, 0.2) is 0 Å². The molecule has 0 aliphatic heterocycles. The molecule has 2 fully saturated rings. The van der Waals surface area contributed by atoms with Gasteiger partial charge in [0.25, 0.3) is 0 Å². The van der Waals surface area contributed by atoms with Gasteiger partial charge in [0.05, 0.1) is 11.5 Å². The van der Waals surface area contributed by atoms with E-state index in [0.717, 1.165) is 37.0 Å². The summed E-state index contributed by atoms with van der Waals surface area (Å²) in [5, 5.41) is 10.0. The van der Waals surface area contributed by atoms with Gasteiger partial charge in [-0.2, -0.15) is 5.26 Å². The van der Waals surface area contributed by atoms with Crippen LogP contribution in [-0.4, -0.2) is 0 Å². The van der Waals surface area contributed by atoms with Crippen LogP contribution in [0.2, 0.25) is 0 Å². The van der Waals surface area contributed by atoms with E-state index < -0.39 is 0 Å². The highest BCUT2D eigenvalue weighted by Crippen LogP contribution is 2.47. The molecule has 0 saturated heterocycles. The highest BCUT2D eigenvalue weighted by Gasteiger charge is 2.39. The quantitative estimate of drug-likeness (QED) is 0.386. The van der Waals surface area contributed by atoms with E-state index in [9.17, 15) is 5.26 Å². The Morgan fingerprint density at radius 1 is 0.828 bits per heavy atom. The van der Waals surface area contributed by atoms with Crippen LogP contribution in [0.5, 0.6) is 0 Å². The molecule has 2 aliphatic rings. The van der Waals surface area contributed by atoms with Crippen LogP contribution in [0.1, 0.15) is 115 Å². The Morgan fingerprint density at radius 2 is 1.45 bits per heavy atom. The first-order chi connectivity index (χ1) is 14.2. The lowest BCUT2D eigenvalue weighted by molar-refractivity contribution is 0.143. The molecule has 0 spiro atoms. The van der Waals surface area contributed by atoms with Gasteiger partial charge in [-0.3, -0.25) is 0 Å².